The third-order valence-corrected chi connectivity index (χ3v) is 2.83. The predicted octanol–water partition coefficient (Wildman–Crippen LogP) is 3.29. The van der Waals surface area contributed by atoms with Crippen LogP contribution in [-0.4, -0.2) is 18.0 Å². The van der Waals surface area contributed by atoms with Crippen LogP contribution in [0, 0.1) is 0 Å². The van der Waals surface area contributed by atoms with Crippen molar-refractivity contribution in [2.24, 2.45) is 0 Å². The average molecular weight is 304 g/mol. The Bertz CT molecular complexity index is 446. The van der Waals surface area contributed by atoms with Gasteiger partial charge < -0.3 is 16.4 Å². The first-order chi connectivity index (χ1) is 8.69. The number of hydrogen-bond acceptors (Lipinski definition) is 3. The third-order valence-electron chi connectivity index (χ3n) is 2.23. The van der Waals surface area contributed by atoms with E-state index in [-0.39, 0.29) is 11.4 Å². The molecule has 1 aromatic carbocycles. The van der Waals surface area contributed by atoms with Crippen LogP contribution in [0.25, 0.3) is 0 Å². The Morgan fingerprint density at radius 1 is 1.26 bits per heavy atom. The quantitative estimate of drug-likeness (QED) is 0.748. The molecular weight excluding hydrogens is 285 g/mol. The number of hydrogen-bond donors (Lipinski definition) is 3. The van der Waals surface area contributed by atoms with Crippen LogP contribution in [-0.2, 0) is 4.79 Å². The van der Waals surface area contributed by atoms with Crippen molar-refractivity contribution in [3.63, 3.8) is 0 Å². The predicted molar refractivity (Wildman–Crippen MR) is 81.9 cm³/mol. The second-order valence-electron chi connectivity index (χ2n) is 5.33. The minimum Gasteiger partial charge on any atom is -0.399 e. The van der Waals surface area contributed by atoms with Crippen molar-refractivity contribution in [1.29, 1.82) is 0 Å². The van der Waals surface area contributed by atoms with Gasteiger partial charge in [-0.15, -0.1) is 0 Å². The molecule has 0 aliphatic heterocycles. The fourth-order valence-corrected chi connectivity index (χ4v) is 2.18. The lowest BCUT2D eigenvalue weighted by Crippen LogP contribution is -2.41. The highest BCUT2D eigenvalue weighted by Gasteiger charge is 2.13. The number of carbonyl (C=O) groups excluding carboxylic acids is 1. The molecule has 4 N–H and O–H groups in total. The maximum absolute atomic E-state index is 11.6. The van der Waals surface area contributed by atoms with Crippen molar-refractivity contribution in [2.75, 3.05) is 17.6 Å². The first kappa shape index (κ1) is 15.9. The number of amides is 1. The summed E-state index contributed by atoms with van der Waals surface area (Å²) in [6, 6.07) is 3.23. The summed E-state index contributed by atoms with van der Waals surface area (Å²) in [6.45, 7) is 6.26. The summed E-state index contributed by atoms with van der Waals surface area (Å²) in [7, 11) is 0. The van der Waals surface area contributed by atoms with Crippen LogP contribution >= 0.6 is 23.2 Å². The number of nitrogens with one attached hydrogen (secondary N) is 2. The number of carbonyl (C=O) groups is 1. The maximum atomic E-state index is 11.6. The topological polar surface area (TPSA) is 67.2 Å². The molecule has 1 amide bonds. The average Bonchev–Trinajstić information content (AvgIpc) is 2.19. The van der Waals surface area contributed by atoms with Gasteiger partial charge >= 0.3 is 0 Å². The Morgan fingerprint density at radius 2 is 1.79 bits per heavy atom. The largest absolute Gasteiger partial charge is 0.399 e. The van der Waals surface area contributed by atoms with E-state index in [4.69, 9.17) is 28.9 Å². The smallest absolute Gasteiger partial charge is 0.222 e. The van der Waals surface area contributed by atoms with Gasteiger partial charge in [-0.3, -0.25) is 4.79 Å². The van der Waals surface area contributed by atoms with Crippen LogP contribution in [0.15, 0.2) is 12.1 Å². The van der Waals surface area contributed by atoms with Gasteiger partial charge in [0, 0.05) is 24.2 Å². The highest BCUT2D eigenvalue weighted by molar-refractivity contribution is 6.39. The Morgan fingerprint density at radius 3 is 2.26 bits per heavy atom. The minimum atomic E-state index is -0.229. The number of benzene rings is 1. The molecule has 0 radical (unpaired) electrons. The fourth-order valence-electron chi connectivity index (χ4n) is 1.54. The van der Waals surface area contributed by atoms with Crippen molar-refractivity contribution in [1.82, 2.24) is 5.32 Å². The molecular formula is C13H19Cl2N3O. The van der Waals surface area contributed by atoms with Crippen LogP contribution in [0.5, 0.6) is 0 Å². The molecule has 0 aromatic heterocycles. The molecule has 19 heavy (non-hydrogen) atoms. The molecule has 0 spiro atoms. The number of nitrogens with two attached hydrogens (primary N) is 1. The Hall–Kier alpha value is -1.13. The lowest BCUT2D eigenvalue weighted by Gasteiger charge is -2.20. The second kappa shape index (κ2) is 6.35. The zero-order valence-corrected chi connectivity index (χ0v) is 12.8. The standard InChI is InChI=1S/C13H19Cl2N3O/c1-13(2,3)18-11(19)4-5-17-12-9(14)6-8(16)7-10(12)15/h6-7,17H,4-5,16H2,1-3H3,(H,18,19). The van der Waals surface area contributed by atoms with Crippen molar-refractivity contribution >= 4 is 40.5 Å². The van der Waals surface area contributed by atoms with E-state index in [0.717, 1.165) is 0 Å². The zero-order chi connectivity index (χ0) is 14.6. The molecule has 0 saturated heterocycles. The third kappa shape index (κ3) is 5.57. The van der Waals surface area contributed by atoms with E-state index in [1.54, 1.807) is 12.1 Å². The van der Waals surface area contributed by atoms with Crippen LogP contribution in [0.1, 0.15) is 27.2 Å². The highest BCUT2D eigenvalue weighted by atomic mass is 35.5. The van der Waals surface area contributed by atoms with E-state index in [2.05, 4.69) is 10.6 Å². The number of anilines is 2. The first-order valence-electron chi connectivity index (χ1n) is 5.98. The lowest BCUT2D eigenvalue weighted by molar-refractivity contribution is -0.122. The molecule has 6 heteroatoms. The van der Waals surface area contributed by atoms with Crippen LogP contribution < -0.4 is 16.4 Å². The summed E-state index contributed by atoms with van der Waals surface area (Å²) in [6.07, 6.45) is 0.342. The first-order valence-corrected chi connectivity index (χ1v) is 6.74. The van der Waals surface area contributed by atoms with Gasteiger partial charge in [-0.1, -0.05) is 23.2 Å². The summed E-state index contributed by atoms with van der Waals surface area (Å²) in [5, 5.41) is 6.81. The van der Waals surface area contributed by atoms with Crippen LogP contribution in [0.2, 0.25) is 10.0 Å². The summed E-state index contributed by atoms with van der Waals surface area (Å²) < 4.78 is 0. The Labute approximate surface area is 123 Å². The van der Waals surface area contributed by atoms with E-state index < -0.39 is 0 Å². The second-order valence-corrected chi connectivity index (χ2v) is 6.15. The number of rotatable bonds is 4. The molecule has 1 aromatic rings. The summed E-state index contributed by atoms with van der Waals surface area (Å²) in [4.78, 5) is 11.6. The van der Waals surface area contributed by atoms with E-state index in [9.17, 15) is 4.79 Å². The molecule has 106 valence electrons. The SMILES string of the molecule is CC(C)(C)NC(=O)CCNc1c(Cl)cc(N)cc1Cl. The van der Waals surface area contributed by atoms with Crippen molar-refractivity contribution < 1.29 is 4.79 Å². The molecule has 1 rings (SSSR count). The van der Waals surface area contributed by atoms with Crippen LogP contribution in [0.4, 0.5) is 11.4 Å². The van der Waals surface area contributed by atoms with Crippen molar-refractivity contribution in [3.05, 3.63) is 22.2 Å². The van der Waals surface area contributed by atoms with Gasteiger partial charge in [-0.25, -0.2) is 0 Å². The Kier molecular flexibility index (Phi) is 5.32. The zero-order valence-electron chi connectivity index (χ0n) is 11.3. The van der Waals surface area contributed by atoms with E-state index in [1.165, 1.54) is 0 Å². The van der Waals surface area contributed by atoms with E-state index >= 15 is 0 Å². The van der Waals surface area contributed by atoms with Gasteiger partial charge in [-0.2, -0.15) is 0 Å². The van der Waals surface area contributed by atoms with E-state index in [0.29, 0.717) is 34.4 Å². The monoisotopic (exact) mass is 303 g/mol. The van der Waals surface area contributed by atoms with Gasteiger partial charge in [0.05, 0.1) is 15.7 Å². The molecule has 4 nitrogen and oxygen atoms in total. The molecule has 0 atom stereocenters. The fraction of sp³-hybridized carbons (Fsp3) is 0.462. The van der Waals surface area contributed by atoms with E-state index in [1.807, 2.05) is 20.8 Å². The summed E-state index contributed by atoms with van der Waals surface area (Å²) in [5.74, 6) is -0.0253. The highest BCUT2D eigenvalue weighted by Crippen LogP contribution is 2.32. The molecule has 0 fully saturated rings. The lowest BCUT2D eigenvalue weighted by atomic mass is 10.1. The normalized spacial score (nSPS) is 11.2. The number of halogens is 2. The van der Waals surface area contributed by atoms with Crippen LogP contribution in [0.3, 0.4) is 0 Å². The molecule has 0 saturated carbocycles. The van der Waals surface area contributed by atoms with Gasteiger partial charge in [0.25, 0.3) is 0 Å². The molecule has 0 aliphatic carbocycles. The summed E-state index contributed by atoms with van der Waals surface area (Å²) >= 11 is 12.1. The van der Waals surface area contributed by atoms with Gasteiger partial charge in [0.15, 0.2) is 0 Å². The minimum absolute atomic E-state index is 0.0253. The van der Waals surface area contributed by atoms with Gasteiger partial charge in [-0.05, 0) is 32.9 Å². The maximum Gasteiger partial charge on any atom is 0.222 e. The van der Waals surface area contributed by atoms with Crippen molar-refractivity contribution in [3.8, 4) is 0 Å². The Balaban J connectivity index is 2.52. The summed E-state index contributed by atoms with van der Waals surface area (Å²) in [5.41, 5.74) is 6.49. The molecule has 0 bridgehead atoms. The van der Waals surface area contributed by atoms with Gasteiger partial charge in [0.1, 0.15) is 0 Å². The van der Waals surface area contributed by atoms with Gasteiger partial charge in [0.2, 0.25) is 5.91 Å². The molecule has 0 unspecified atom stereocenters. The molecule has 0 aliphatic rings. The van der Waals surface area contributed by atoms with Crippen molar-refractivity contribution in [2.45, 2.75) is 32.7 Å². The molecule has 0 heterocycles. The number of nitrogen functional groups attached to an aromatic ring is 1.